The van der Waals surface area contributed by atoms with Gasteiger partial charge in [-0.3, -0.25) is 9.59 Å². The maximum atomic E-state index is 14.5. The molecule has 0 fully saturated rings. The highest BCUT2D eigenvalue weighted by molar-refractivity contribution is 6.13. The van der Waals surface area contributed by atoms with Crippen molar-refractivity contribution in [2.45, 2.75) is 19.3 Å². The van der Waals surface area contributed by atoms with Gasteiger partial charge < -0.3 is 29.7 Å². The van der Waals surface area contributed by atoms with E-state index in [1.807, 2.05) is 0 Å². The average molecular weight is 495 g/mol. The SMILES string of the molecule is COc1ccc(OC)c2c1c(OC)cc1c(=O)cc(-c3cc(F)cc(NC(=O)CCCCN)c3)oc12. The van der Waals surface area contributed by atoms with Crippen molar-refractivity contribution in [1.82, 2.24) is 0 Å². The molecule has 0 aliphatic rings. The van der Waals surface area contributed by atoms with Gasteiger partial charge >= 0.3 is 0 Å². The Bertz CT molecular complexity index is 1500. The quantitative estimate of drug-likeness (QED) is 0.253. The number of benzene rings is 3. The van der Waals surface area contributed by atoms with Gasteiger partial charge in [0.25, 0.3) is 0 Å². The minimum Gasteiger partial charge on any atom is -0.496 e. The average Bonchev–Trinajstić information content (AvgIpc) is 2.87. The van der Waals surface area contributed by atoms with Gasteiger partial charge in [0.1, 0.15) is 28.8 Å². The maximum Gasteiger partial charge on any atom is 0.224 e. The van der Waals surface area contributed by atoms with Crippen LogP contribution in [0.1, 0.15) is 19.3 Å². The van der Waals surface area contributed by atoms with E-state index < -0.39 is 5.82 Å². The Kier molecular flexibility index (Phi) is 7.40. The van der Waals surface area contributed by atoms with Crippen LogP contribution < -0.4 is 30.7 Å². The first-order chi connectivity index (χ1) is 17.4. The highest BCUT2D eigenvalue weighted by Crippen LogP contribution is 2.44. The van der Waals surface area contributed by atoms with E-state index in [4.69, 9.17) is 24.4 Å². The van der Waals surface area contributed by atoms with Crippen molar-refractivity contribution < 1.29 is 27.8 Å². The lowest BCUT2D eigenvalue weighted by atomic mass is 10.0. The van der Waals surface area contributed by atoms with Crippen molar-refractivity contribution in [3.8, 4) is 28.6 Å². The predicted octanol–water partition coefficient (Wildman–Crippen LogP) is 4.85. The molecule has 0 aliphatic heterocycles. The molecule has 4 rings (SSSR count). The molecule has 0 saturated carbocycles. The molecule has 1 heterocycles. The standard InChI is InChI=1S/C27H27FN2O6/c1-33-20-7-8-21(34-2)26-25(20)23(35-3)13-18-19(31)14-22(36-27(18)26)15-10-16(28)12-17(11-15)30-24(32)6-4-5-9-29/h7-8,10-14H,4-6,9,29H2,1-3H3,(H,30,32). The van der Waals surface area contributed by atoms with Crippen molar-refractivity contribution in [1.29, 1.82) is 0 Å². The van der Waals surface area contributed by atoms with E-state index in [0.717, 1.165) is 6.42 Å². The molecule has 8 nitrogen and oxygen atoms in total. The molecular formula is C27H27FN2O6. The fraction of sp³-hybridized carbons (Fsp3) is 0.259. The zero-order valence-electron chi connectivity index (χ0n) is 20.3. The largest absolute Gasteiger partial charge is 0.496 e. The Balaban J connectivity index is 1.89. The summed E-state index contributed by atoms with van der Waals surface area (Å²) in [6, 6.07) is 10.3. The van der Waals surface area contributed by atoms with Gasteiger partial charge in [0.2, 0.25) is 5.91 Å². The number of halogens is 1. The van der Waals surface area contributed by atoms with E-state index in [0.29, 0.717) is 41.0 Å². The van der Waals surface area contributed by atoms with E-state index in [-0.39, 0.29) is 45.7 Å². The van der Waals surface area contributed by atoms with Gasteiger partial charge in [-0.2, -0.15) is 0 Å². The topological polar surface area (TPSA) is 113 Å². The summed E-state index contributed by atoms with van der Waals surface area (Å²) in [5.41, 5.74) is 5.90. The molecule has 1 aromatic heterocycles. The number of methoxy groups -OCH3 is 3. The van der Waals surface area contributed by atoms with Crippen LogP contribution in [-0.2, 0) is 4.79 Å². The second-order valence-electron chi connectivity index (χ2n) is 8.17. The second-order valence-corrected chi connectivity index (χ2v) is 8.17. The summed E-state index contributed by atoms with van der Waals surface area (Å²) in [6.07, 6.45) is 1.62. The van der Waals surface area contributed by atoms with Crippen LogP contribution >= 0.6 is 0 Å². The van der Waals surface area contributed by atoms with E-state index >= 15 is 0 Å². The fourth-order valence-electron chi connectivity index (χ4n) is 4.16. The minimum absolute atomic E-state index is 0.127. The number of hydrogen-bond acceptors (Lipinski definition) is 7. The molecule has 0 spiro atoms. The van der Waals surface area contributed by atoms with Gasteiger partial charge in [-0.1, -0.05) is 0 Å². The third kappa shape index (κ3) is 4.83. The molecule has 0 radical (unpaired) electrons. The number of ether oxygens (including phenoxy) is 3. The molecule has 0 aliphatic carbocycles. The third-order valence-electron chi connectivity index (χ3n) is 5.85. The molecule has 0 unspecified atom stereocenters. The van der Waals surface area contributed by atoms with Crippen LogP contribution in [0, 0.1) is 5.82 Å². The third-order valence-corrected chi connectivity index (χ3v) is 5.85. The number of nitrogens with two attached hydrogens (primary N) is 1. The number of amides is 1. The Labute approximate surface area is 206 Å². The Morgan fingerprint density at radius 3 is 2.31 bits per heavy atom. The van der Waals surface area contributed by atoms with E-state index in [2.05, 4.69) is 5.32 Å². The zero-order valence-corrected chi connectivity index (χ0v) is 20.3. The van der Waals surface area contributed by atoms with E-state index in [1.165, 1.54) is 39.5 Å². The van der Waals surface area contributed by atoms with Crippen molar-refractivity contribution in [3.63, 3.8) is 0 Å². The molecule has 9 heteroatoms. The first kappa shape index (κ1) is 25.0. The summed E-state index contributed by atoms with van der Waals surface area (Å²) in [7, 11) is 4.52. The number of carbonyl (C=O) groups is 1. The molecule has 4 aromatic rings. The molecule has 0 saturated heterocycles. The second kappa shape index (κ2) is 10.7. The van der Waals surface area contributed by atoms with Crippen LogP contribution in [0.2, 0.25) is 0 Å². The lowest BCUT2D eigenvalue weighted by Crippen LogP contribution is -2.12. The molecule has 3 N–H and O–H groups in total. The Morgan fingerprint density at radius 1 is 0.944 bits per heavy atom. The molecule has 188 valence electrons. The van der Waals surface area contributed by atoms with Gasteiger partial charge in [-0.25, -0.2) is 4.39 Å². The summed E-state index contributed by atoms with van der Waals surface area (Å²) >= 11 is 0. The van der Waals surface area contributed by atoms with Crippen LogP contribution in [0.25, 0.3) is 33.1 Å². The number of carbonyl (C=O) groups excluding carboxylic acids is 1. The van der Waals surface area contributed by atoms with Gasteiger partial charge in [0.05, 0.1) is 37.5 Å². The van der Waals surface area contributed by atoms with Gasteiger partial charge in [-0.15, -0.1) is 0 Å². The summed E-state index contributed by atoms with van der Waals surface area (Å²) in [5.74, 6) is 0.643. The first-order valence-electron chi connectivity index (χ1n) is 11.4. The van der Waals surface area contributed by atoms with Crippen LogP contribution in [0.15, 0.2) is 51.7 Å². The zero-order chi connectivity index (χ0) is 25.8. The smallest absolute Gasteiger partial charge is 0.224 e. The monoisotopic (exact) mass is 494 g/mol. The number of fused-ring (bicyclic) bond motifs is 3. The van der Waals surface area contributed by atoms with E-state index in [1.54, 1.807) is 24.3 Å². The summed E-state index contributed by atoms with van der Waals surface area (Å²) in [4.78, 5) is 25.4. The Hall–Kier alpha value is -4.11. The van der Waals surface area contributed by atoms with Gasteiger partial charge in [0, 0.05) is 23.7 Å². The van der Waals surface area contributed by atoms with Crippen LogP contribution in [0.3, 0.4) is 0 Å². The molecule has 1 amide bonds. The van der Waals surface area contributed by atoms with Crippen molar-refractivity contribution >= 4 is 33.3 Å². The molecule has 0 bridgehead atoms. The fourth-order valence-corrected chi connectivity index (χ4v) is 4.16. The normalized spacial score (nSPS) is 11.0. The van der Waals surface area contributed by atoms with Gasteiger partial charge in [-0.05, 0) is 55.8 Å². The molecule has 36 heavy (non-hydrogen) atoms. The summed E-state index contributed by atoms with van der Waals surface area (Å²) in [6.45, 7) is 0.496. The minimum atomic E-state index is -0.591. The Morgan fingerprint density at radius 2 is 1.64 bits per heavy atom. The number of unbranched alkanes of at least 4 members (excludes halogenated alkanes) is 1. The van der Waals surface area contributed by atoms with Crippen molar-refractivity contribution in [2.24, 2.45) is 5.73 Å². The highest BCUT2D eigenvalue weighted by atomic mass is 19.1. The predicted molar refractivity (Wildman–Crippen MR) is 137 cm³/mol. The van der Waals surface area contributed by atoms with Gasteiger partial charge in [0.15, 0.2) is 11.0 Å². The molecule has 3 aromatic carbocycles. The van der Waals surface area contributed by atoms with Crippen molar-refractivity contribution in [2.75, 3.05) is 33.2 Å². The number of rotatable bonds is 9. The molecular weight excluding hydrogens is 467 g/mol. The number of anilines is 1. The molecule has 0 atom stereocenters. The van der Waals surface area contributed by atoms with Crippen LogP contribution in [0.5, 0.6) is 17.2 Å². The van der Waals surface area contributed by atoms with Crippen LogP contribution in [0.4, 0.5) is 10.1 Å². The lowest BCUT2D eigenvalue weighted by molar-refractivity contribution is -0.116. The summed E-state index contributed by atoms with van der Waals surface area (Å²) < 4.78 is 37.3. The lowest BCUT2D eigenvalue weighted by Gasteiger charge is -2.15. The van der Waals surface area contributed by atoms with Crippen molar-refractivity contribution in [3.05, 3.63) is 58.5 Å². The van der Waals surface area contributed by atoms with Crippen LogP contribution in [-0.4, -0.2) is 33.8 Å². The first-order valence-corrected chi connectivity index (χ1v) is 11.4. The summed E-state index contributed by atoms with van der Waals surface area (Å²) in [5, 5.41) is 4.00. The maximum absolute atomic E-state index is 14.5. The number of hydrogen-bond donors (Lipinski definition) is 2. The highest BCUT2D eigenvalue weighted by Gasteiger charge is 2.21. The van der Waals surface area contributed by atoms with E-state index in [9.17, 15) is 14.0 Å². The number of nitrogens with one attached hydrogen (secondary N) is 1.